The molecule has 164 valence electrons. The summed E-state index contributed by atoms with van der Waals surface area (Å²) in [5.74, 6) is 0.651. The summed E-state index contributed by atoms with van der Waals surface area (Å²) in [6.45, 7) is 1.65. The SMILES string of the molecule is Cn1cc(CNc2nnc(C3CCN(C(=O)OCc4cc(Cl)cc(Cl)c4)CC3)o2)nn1. The van der Waals surface area contributed by atoms with Gasteiger partial charge in [-0.25, -0.2) is 4.79 Å². The van der Waals surface area contributed by atoms with Crippen LogP contribution in [-0.4, -0.2) is 49.3 Å². The molecule has 0 radical (unpaired) electrons. The number of aryl methyl sites for hydroxylation is 1. The van der Waals surface area contributed by atoms with Gasteiger partial charge in [0.1, 0.15) is 12.3 Å². The molecule has 1 aliphatic heterocycles. The maximum absolute atomic E-state index is 12.4. The summed E-state index contributed by atoms with van der Waals surface area (Å²) in [5.41, 5.74) is 1.52. The van der Waals surface area contributed by atoms with E-state index >= 15 is 0 Å². The molecular formula is C19H21Cl2N7O3. The molecule has 0 unspecified atom stereocenters. The van der Waals surface area contributed by atoms with Gasteiger partial charge in [0, 0.05) is 42.3 Å². The summed E-state index contributed by atoms with van der Waals surface area (Å²) >= 11 is 12.0. The average molecular weight is 466 g/mol. The van der Waals surface area contributed by atoms with Gasteiger partial charge in [0.25, 0.3) is 0 Å². The molecule has 12 heteroatoms. The van der Waals surface area contributed by atoms with Crippen LogP contribution in [0.15, 0.2) is 28.8 Å². The Morgan fingerprint density at radius 3 is 2.61 bits per heavy atom. The van der Waals surface area contributed by atoms with Gasteiger partial charge in [-0.15, -0.1) is 10.2 Å². The quantitative estimate of drug-likeness (QED) is 0.586. The van der Waals surface area contributed by atoms with Crippen LogP contribution >= 0.6 is 23.2 Å². The Morgan fingerprint density at radius 1 is 1.19 bits per heavy atom. The minimum Gasteiger partial charge on any atom is -0.445 e. The highest BCUT2D eigenvalue weighted by atomic mass is 35.5. The molecule has 1 saturated heterocycles. The fourth-order valence-corrected chi connectivity index (χ4v) is 3.92. The number of piperidine rings is 1. The zero-order valence-corrected chi connectivity index (χ0v) is 18.3. The van der Waals surface area contributed by atoms with Gasteiger partial charge in [0.15, 0.2) is 0 Å². The Morgan fingerprint density at radius 2 is 1.94 bits per heavy atom. The lowest BCUT2D eigenvalue weighted by Crippen LogP contribution is -2.38. The number of nitrogens with zero attached hydrogens (tertiary/aromatic N) is 6. The molecule has 2 aromatic heterocycles. The normalized spacial score (nSPS) is 14.6. The summed E-state index contributed by atoms with van der Waals surface area (Å²) in [6.07, 6.45) is 2.86. The van der Waals surface area contributed by atoms with Crippen LogP contribution in [0.1, 0.15) is 35.9 Å². The molecule has 3 heterocycles. The summed E-state index contributed by atoms with van der Waals surface area (Å²) in [7, 11) is 1.80. The molecule has 1 amide bonds. The van der Waals surface area contributed by atoms with Crippen molar-refractivity contribution in [3.8, 4) is 0 Å². The number of carbonyl (C=O) groups excluding carboxylic acids is 1. The molecular weight excluding hydrogens is 445 g/mol. The van der Waals surface area contributed by atoms with Gasteiger partial charge in [-0.2, -0.15) is 0 Å². The zero-order chi connectivity index (χ0) is 21.8. The van der Waals surface area contributed by atoms with E-state index in [2.05, 4.69) is 25.8 Å². The third-order valence-corrected chi connectivity index (χ3v) is 5.33. The fourth-order valence-electron chi connectivity index (χ4n) is 3.35. The van der Waals surface area contributed by atoms with Crippen LogP contribution in [0.4, 0.5) is 10.8 Å². The average Bonchev–Trinajstić information content (AvgIpc) is 3.39. The lowest BCUT2D eigenvalue weighted by atomic mass is 9.97. The number of ether oxygens (including phenoxy) is 1. The van der Waals surface area contributed by atoms with Gasteiger partial charge in [0.2, 0.25) is 5.89 Å². The number of carbonyl (C=O) groups is 1. The van der Waals surface area contributed by atoms with Gasteiger partial charge < -0.3 is 19.4 Å². The molecule has 3 aromatic rings. The summed E-state index contributed by atoms with van der Waals surface area (Å²) in [5, 5.41) is 20.1. The van der Waals surface area contributed by atoms with Crippen LogP contribution in [0, 0.1) is 0 Å². The predicted octanol–water partition coefficient (Wildman–Crippen LogP) is 3.63. The number of nitrogens with one attached hydrogen (secondary N) is 1. The molecule has 0 bridgehead atoms. The van der Waals surface area contributed by atoms with Crippen molar-refractivity contribution in [2.75, 3.05) is 18.4 Å². The molecule has 10 nitrogen and oxygen atoms in total. The molecule has 1 aliphatic rings. The Labute approximate surface area is 188 Å². The number of amides is 1. The largest absolute Gasteiger partial charge is 0.445 e. The third kappa shape index (κ3) is 5.65. The van der Waals surface area contributed by atoms with E-state index in [1.807, 2.05) is 0 Å². The second-order valence-corrected chi connectivity index (χ2v) is 8.15. The van der Waals surface area contributed by atoms with Crippen LogP contribution in [0.2, 0.25) is 10.0 Å². The smallest absolute Gasteiger partial charge is 0.410 e. The molecule has 1 N–H and O–H groups in total. The summed E-state index contributed by atoms with van der Waals surface area (Å²) < 4.78 is 12.7. The monoisotopic (exact) mass is 465 g/mol. The lowest BCUT2D eigenvalue weighted by Gasteiger charge is -2.29. The van der Waals surface area contributed by atoms with Crippen molar-refractivity contribution < 1.29 is 13.9 Å². The van der Waals surface area contributed by atoms with E-state index in [-0.39, 0.29) is 18.6 Å². The van der Waals surface area contributed by atoms with Crippen molar-refractivity contribution in [1.82, 2.24) is 30.1 Å². The second kappa shape index (κ2) is 9.52. The highest BCUT2D eigenvalue weighted by molar-refractivity contribution is 6.34. The van der Waals surface area contributed by atoms with Crippen molar-refractivity contribution in [3.63, 3.8) is 0 Å². The van der Waals surface area contributed by atoms with Gasteiger partial charge in [-0.1, -0.05) is 33.5 Å². The maximum Gasteiger partial charge on any atom is 0.410 e. The highest BCUT2D eigenvalue weighted by Gasteiger charge is 2.28. The minimum atomic E-state index is -0.369. The predicted molar refractivity (Wildman–Crippen MR) is 113 cm³/mol. The molecule has 31 heavy (non-hydrogen) atoms. The first-order valence-electron chi connectivity index (χ1n) is 9.75. The van der Waals surface area contributed by atoms with Crippen molar-refractivity contribution >= 4 is 35.3 Å². The Hall–Kier alpha value is -2.85. The standard InChI is InChI=1S/C19H21Cl2N7O3/c1-27-10-16(23-26-27)9-22-18-25-24-17(31-18)13-2-4-28(5-3-13)19(29)30-11-12-6-14(20)8-15(21)7-12/h6-8,10,13H,2-5,9,11H2,1H3,(H,22,25). The van der Waals surface area contributed by atoms with E-state index in [9.17, 15) is 4.79 Å². The topological polar surface area (TPSA) is 111 Å². The first-order chi connectivity index (χ1) is 15.0. The number of halogens is 2. The van der Waals surface area contributed by atoms with Gasteiger partial charge in [-0.3, -0.25) is 4.68 Å². The second-order valence-electron chi connectivity index (χ2n) is 7.28. The number of aromatic nitrogens is 5. The van der Waals surface area contributed by atoms with Crippen molar-refractivity contribution in [2.24, 2.45) is 7.05 Å². The molecule has 4 rings (SSSR count). The van der Waals surface area contributed by atoms with E-state index < -0.39 is 0 Å². The minimum absolute atomic E-state index is 0.0929. The van der Waals surface area contributed by atoms with Gasteiger partial charge >= 0.3 is 12.1 Å². The number of hydrogen-bond donors (Lipinski definition) is 1. The summed E-state index contributed by atoms with van der Waals surface area (Å²) in [6, 6.07) is 5.41. The first kappa shape index (κ1) is 21.4. The van der Waals surface area contributed by atoms with E-state index in [4.69, 9.17) is 32.4 Å². The Balaban J connectivity index is 1.23. The van der Waals surface area contributed by atoms with Crippen LogP contribution in [0.5, 0.6) is 0 Å². The van der Waals surface area contributed by atoms with Gasteiger partial charge in [-0.05, 0) is 36.6 Å². The van der Waals surface area contributed by atoms with Crippen LogP contribution in [-0.2, 0) is 24.9 Å². The Kier molecular flexibility index (Phi) is 6.57. The number of hydrogen-bond acceptors (Lipinski definition) is 8. The van der Waals surface area contributed by atoms with E-state index in [0.29, 0.717) is 54.4 Å². The summed E-state index contributed by atoms with van der Waals surface area (Å²) in [4.78, 5) is 14.0. The fraction of sp³-hybridized carbons (Fsp3) is 0.421. The molecule has 0 saturated carbocycles. The molecule has 1 aromatic carbocycles. The zero-order valence-electron chi connectivity index (χ0n) is 16.8. The van der Waals surface area contributed by atoms with Crippen LogP contribution in [0.25, 0.3) is 0 Å². The molecule has 1 fully saturated rings. The number of likely N-dealkylation sites (tertiary alicyclic amines) is 1. The highest BCUT2D eigenvalue weighted by Crippen LogP contribution is 2.28. The van der Waals surface area contributed by atoms with E-state index in [1.165, 1.54) is 0 Å². The molecule has 0 aliphatic carbocycles. The maximum atomic E-state index is 12.4. The van der Waals surface area contributed by atoms with Crippen molar-refractivity contribution in [1.29, 1.82) is 0 Å². The van der Waals surface area contributed by atoms with Crippen LogP contribution in [0.3, 0.4) is 0 Å². The first-order valence-corrected chi connectivity index (χ1v) is 10.5. The molecule has 0 spiro atoms. The van der Waals surface area contributed by atoms with Crippen LogP contribution < -0.4 is 5.32 Å². The van der Waals surface area contributed by atoms with E-state index in [0.717, 1.165) is 11.3 Å². The third-order valence-electron chi connectivity index (χ3n) is 4.90. The van der Waals surface area contributed by atoms with E-state index in [1.54, 1.807) is 41.0 Å². The van der Waals surface area contributed by atoms with Crippen molar-refractivity contribution in [3.05, 3.63) is 51.6 Å². The van der Waals surface area contributed by atoms with Crippen molar-refractivity contribution in [2.45, 2.75) is 31.9 Å². The molecule has 0 atom stereocenters. The lowest BCUT2D eigenvalue weighted by molar-refractivity contribution is 0.0856. The number of rotatable bonds is 6. The van der Waals surface area contributed by atoms with Gasteiger partial charge in [0.05, 0.1) is 6.54 Å². The number of anilines is 1. The Bertz CT molecular complexity index is 1030. The number of benzene rings is 1.